The molecule has 0 bridgehead atoms. The molecule has 0 radical (unpaired) electrons. The molecule has 0 saturated carbocycles. The fourth-order valence-corrected chi connectivity index (χ4v) is 11.5. The number of phosphoric ester groups is 1. The van der Waals surface area contributed by atoms with Crippen LogP contribution in [0.1, 0.15) is 354 Å². The van der Waals surface area contributed by atoms with Gasteiger partial charge in [0, 0.05) is 12.8 Å². The number of carbonyl (C=O) groups excluding carboxylic acids is 2. The molecule has 1 N–H and O–H groups in total. The van der Waals surface area contributed by atoms with Gasteiger partial charge in [-0.05, 0) is 57.8 Å². The first kappa shape index (κ1) is 82.7. The molecule has 0 fully saturated rings. The average Bonchev–Trinajstić information content (AvgIpc) is 3.49. The number of phosphoric acid groups is 1. The van der Waals surface area contributed by atoms with Gasteiger partial charge in [0.1, 0.15) is 19.8 Å². The molecule has 498 valence electrons. The summed E-state index contributed by atoms with van der Waals surface area (Å²) in [5.74, 6) is -0.807. The third-order valence-electron chi connectivity index (χ3n) is 16.3. The van der Waals surface area contributed by atoms with Crippen molar-refractivity contribution in [2.24, 2.45) is 0 Å². The first-order chi connectivity index (χ1) is 41.5. The molecule has 0 saturated heterocycles. The number of quaternary nitrogens is 1. The average molecular weight is 1220 g/mol. The zero-order valence-corrected chi connectivity index (χ0v) is 57.7. The number of carbonyl (C=O) groups is 2. The van der Waals surface area contributed by atoms with Gasteiger partial charge in [-0.15, -0.1) is 0 Å². The van der Waals surface area contributed by atoms with Crippen molar-refractivity contribution < 1.29 is 42.1 Å². The SMILES string of the molecule is CC/C=C\C/C=C\C/C=C\C/C=C\C/C=C\CCCCCCCC(=O)OC(COC(=O)CCCCCCCCCCCCCCCCCCCCCCCCCCCCCCCCCCCCCCCCCC)COP(=O)(O)OCC[N+](C)(C)C. The highest BCUT2D eigenvalue weighted by molar-refractivity contribution is 7.47. The summed E-state index contributed by atoms with van der Waals surface area (Å²) in [5, 5.41) is 0. The maximum atomic E-state index is 12.8. The van der Waals surface area contributed by atoms with E-state index >= 15 is 0 Å². The third-order valence-corrected chi connectivity index (χ3v) is 17.3. The van der Waals surface area contributed by atoms with Crippen molar-refractivity contribution in [2.45, 2.75) is 360 Å². The van der Waals surface area contributed by atoms with Crippen LogP contribution in [0, 0.1) is 0 Å². The van der Waals surface area contributed by atoms with Crippen molar-refractivity contribution >= 4 is 19.8 Å². The summed E-state index contributed by atoms with van der Waals surface area (Å²) in [6, 6.07) is 0. The van der Waals surface area contributed by atoms with Crippen LogP contribution >= 0.6 is 7.82 Å². The molecular weight excluding hydrogens is 1070 g/mol. The summed E-state index contributed by atoms with van der Waals surface area (Å²) in [4.78, 5) is 35.8. The van der Waals surface area contributed by atoms with Crippen LogP contribution in [0.4, 0.5) is 0 Å². The number of rotatable bonds is 68. The Labute approximate surface area is 527 Å². The Morgan fingerprint density at radius 1 is 0.376 bits per heavy atom. The lowest BCUT2D eigenvalue weighted by molar-refractivity contribution is -0.870. The second-order valence-electron chi connectivity index (χ2n) is 26.0. The zero-order chi connectivity index (χ0) is 61.9. The monoisotopic (exact) mass is 1220 g/mol. The van der Waals surface area contributed by atoms with Gasteiger partial charge in [-0.1, -0.05) is 344 Å². The van der Waals surface area contributed by atoms with Crippen molar-refractivity contribution in [2.75, 3.05) is 47.5 Å². The summed E-state index contributed by atoms with van der Waals surface area (Å²) in [6.45, 7) is 4.34. The van der Waals surface area contributed by atoms with Gasteiger partial charge in [0.2, 0.25) is 0 Å². The van der Waals surface area contributed by atoms with Gasteiger partial charge in [0.15, 0.2) is 6.10 Å². The van der Waals surface area contributed by atoms with E-state index in [-0.39, 0.29) is 32.0 Å². The lowest BCUT2D eigenvalue weighted by atomic mass is 10.0. The van der Waals surface area contributed by atoms with Gasteiger partial charge in [-0.3, -0.25) is 18.6 Å². The van der Waals surface area contributed by atoms with E-state index in [4.69, 9.17) is 18.5 Å². The Kier molecular flexibility index (Phi) is 64.4. The summed E-state index contributed by atoms with van der Waals surface area (Å²) in [5.41, 5.74) is 0. The van der Waals surface area contributed by atoms with Crippen LogP contribution in [0.15, 0.2) is 60.8 Å². The van der Waals surface area contributed by atoms with Crippen molar-refractivity contribution in [3.8, 4) is 0 Å². The first-order valence-corrected chi connectivity index (χ1v) is 38.0. The molecule has 9 nitrogen and oxygen atoms in total. The van der Waals surface area contributed by atoms with Gasteiger partial charge >= 0.3 is 19.8 Å². The van der Waals surface area contributed by atoms with E-state index in [9.17, 15) is 19.0 Å². The number of esters is 2. The van der Waals surface area contributed by atoms with Crippen molar-refractivity contribution in [3.63, 3.8) is 0 Å². The molecule has 0 aromatic rings. The number of ether oxygens (including phenoxy) is 2. The second kappa shape index (κ2) is 66.1. The van der Waals surface area contributed by atoms with Crippen LogP contribution in [0.3, 0.4) is 0 Å². The lowest BCUT2D eigenvalue weighted by Crippen LogP contribution is -2.37. The van der Waals surface area contributed by atoms with Crippen LogP contribution < -0.4 is 0 Å². The Morgan fingerprint density at radius 3 is 1.00 bits per heavy atom. The van der Waals surface area contributed by atoms with Gasteiger partial charge in [-0.2, -0.15) is 0 Å². The number of nitrogens with zero attached hydrogens (tertiary/aromatic N) is 1. The quantitative estimate of drug-likeness (QED) is 0.0211. The molecule has 0 rings (SSSR count). The Balaban J connectivity index is 3.90. The van der Waals surface area contributed by atoms with Crippen LogP contribution in [0.2, 0.25) is 0 Å². The van der Waals surface area contributed by atoms with E-state index in [1.807, 2.05) is 21.1 Å². The highest BCUT2D eigenvalue weighted by atomic mass is 31.2. The van der Waals surface area contributed by atoms with Crippen LogP contribution in [0.5, 0.6) is 0 Å². The van der Waals surface area contributed by atoms with E-state index in [1.165, 1.54) is 238 Å². The fraction of sp³-hybridized carbons (Fsp3) is 0.840. The smallest absolute Gasteiger partial charge is 0.462 e. The molecule has 0 amide bonds. The Morgan fingerprint density at radius 2 is 0.671 bits per heavy atom. The molecule has 0 aliphatic heterocycles. The molecule has 0 spiro atoms. The second-order valence-corrected chi connectivity index (χ2v) is 27.4. The predicted octanol–water partition coefficient (Wildman–Crippen LogP) is 23.8. The number of allylic oxidation sites excluding steroid dienone is 10. The van der Waals surface area contributed by atoms with Gasteiger partial charge in [-0.25, -0.2) is 4.57 Å². The standard InChI is InChI=1S/C75H140NO8P/c1-6-8-10-12-14-16-18-20-22-24-26-28-29-30-31-32-33-34-35-36-37-38-39-40-41-42-43-44-45-46-48-49-51-53-55-57-59-61-63-65-67-74(77)81-71-73(72-83-85(79,80)82-70-69-76(3,4)5)84-75(78)68-66-64-62-60-58-56-54-52-50-47-27-25-23-21-19-17-15-13-11-9-7-2/h9,11,15,17,21,23,27,47,52,54,73H,6-8,10,12-14,16,18-20,22,24-26,28-46,48-51,53,55-72H2,1-5H3/p+1/b11-9-,17-15-,23-21-,47-27-,54-52-. The maximum absolute atomic E-state index is 12.8. The number of unbranched alkanes of at least 4 members (excludes halogenated alkanes) is 44. The van der Waals surface area contributed by atoms with Gasteiger partial charge < -0.3 is 18.9 Å². The summed E-state index contributed by atoms with van der Waals surface area (Å²) >= 11 is 0. The molecule has 0 aromatic heterocycles. The summed E-state index contributed by atoms with van der Waals surface area (Å²) < 4.78 is 34.7. The van der Waals surface area contributed by atoms with E-state index in [0.29, 0.717) is 17.4 Å². The van der Waals surface area contributed by atoms with E-state index in [2.05, 4.69) is 74.6 Å². The predicted molar refractivity (Wildman–Crippen MR) is 367 cm³/mol. The molecule has 0 heterocycles. The molecule has 0 aliphatic carbocycles. The van der Waals surface area contributed by atoms with E-state index in [1.54, 1.807) is 0 Å². The zero-order valence-electron chi connectivity index (χ0n) is 56.9. The molecule has 0 aliphatic rings. The highest BCUT2D eigenvalue weighted by Crippen LogP contribution is 2.43. The van der Waals surface area contributed by atoms with Gasteiger partial charge in [0.05, 0.1) is 27.7 Å². The summed E-state index contributed by atoms with van der Waals surface area (Å²) in [7, 11) is 1.47. The maximum Gasteiger partial charge on any atom is 0.472 e. The van der Waals surface area contributed by atoms with E-state index in [0.717, 1.165) is 83.5 Å². The van der Waals surface area contributed by atoms with E-state index < -0.39 is 26.5 Å². The molecule has 85 heavy (non-hydrogen) atoms. The lowest BCUT2D eigenvalue weighted by Gasteiger charge is -2.24. The highest BCUT2D eigenvalue weighted by Gasteiger charge is 2.27. The normalized spacial score (nSPS) is 13.4. The number of hydrogen-bond donors (Lipinski definition) is 1. The minimum atomic E-state index is -4.40. The van der Waals surface area contributed by atoms with Crippen molar-refractivity contribution in [1.82, 2.24) is 0 Å². The number of hydrogen-bond acceptors (Lipinski definition) is 7. The Bertz CT molecular complexity index is 1620. The first-order valence-electron chi connectivity index (χ1n) is 36.5. The van der Waals surface area contributed by atoms with Crippen molar-refractivity contribution in [1.29, 1.82) is 0 Å². The fourth-order valence-electron chi connectivity index (χ4n) is 10.8. The third kappa shape index (κ3) is 70.7. The number of likely N-dealkylation sites (N-methyl/N-ethyl adjacent to an activating group) is 1. The molecule has 10 heteroatoms. The van der Waals surface area contributed by atoms with Crippen molar-refractivity contribution in [3.05, 3.63) is 60.8 Å². The van der Waals surface area contributed by atoms with Crippen LogP contribution in [-0.2, 0) is 32.7 Å². The Hall–Kier alpha value is -2.29. The van der Waals surface area contributed by atoms with Crippen LogP contribution in [0.25, 0.3) is 0 Å². The van der Waals surface area contributed by atoms with Crippen LogP contribution in [-0.4, -0.2) is 74.9 Å². The minimum Gasteiger partial charge on any atom is -0.462 e. The van der Waals surface area contributed by atoms with Gasteiger partial charge in [0.25, 0.3) is 0 Å². The minimum absolute atomic E-state index is 0.0266. The largest absolute Gasteiger partial charge is 0.472 e. The molecule has 0 aromatic carbocycles. The topological polar surface area (TPSA) is 108 Å². The molecule has 2 atom stereocenters. The molecular formula is C75H141NO8P+. The summed E-state index contributed by atoms with van der Waals surface area (Å²) in [6.07, 6.45) is 88.0. The molecule has 2 unspecified atom stereocenters.